The first-order chi connectivity index (χ1) is 10.3. The number of carbonyl (C=O) groups is 2. The number of rotatable bonds is 7. The first-order valence-electron chi connectivity index (χ1n) is 6.18. The second-order valence-electron chi connectivity index (χ2n) is 4.16. The number of nitrogens with two attached hydrogens (primary N) is 1. The van der Waals surface area contributed by atoms with Gasteiger partial charge in [0.1, 0.15) is 0 Å². The van der Waals surface area contributed by atoms with Crippen LogP contribution in [0.15, 0.2) is 18.3 Å². The Labute approximate surface area is 124 Å². The van der Waals surface area contributed by atoms with Crippen molar-refractivity contribution in [1.82, 2.24) is 15.6 Å². The van der Waals surface area contributed by atoms with Gasteiger partial charge in [-0.25, -0.2) is 4.98 Å². The normalized spacial score (nSPS) is 10.9. The third-order valence-corrected chi connectivity index (χ3v) is 2.30. The molecule has 1 aromatic heterocycles. The van der Waals surface area contributed by atoms with Crippen molar-refractivity contribution in [2.75, 3.05) is 19.7 Å². The molecule has 1 heterocycles. The van der Waals surface area contributed by atoms with E-state index in [9.17, 15) is 22.8 Å². The molecule has 0 bridgehead atoms. The third kappa shape index (κ3) is 7.43. The van der Waals surface area contributed by atoms with Crippen LogP contribution in [-0.4, -0.2) is 42.7 Å². The van der Waals surface area contributed by atoms with E-state index >= 15 is 0 Å². The Balaban J connectivity index is 2.43. The second kappa shape index (κ2) is 8.17. The molecule has 22 heavy (non-hydrogen) atoms. The molecule has 0 saturated carbocycles. The molecule has 1 rings (SSSR count). The van der Waals surface area contributed by atoms with Crippen LogP contribution in [0.1, 0.15) is 5.56 Å². The highest BCUT2D eigenvalue weighted by atomic mass is 19.4. The first-order valence-corrected chi connectivity index (χ1v) is 6.18. The molecule has 0 aromatic carbocycles. The molecule has 0 aliphatic carbocycles. The number of halogens is 3. The van der Waals surface area contributed by atoms with Crippen LogP contribution in [0.4, 0.5) is 13.2 Å². The monoisotopic (exact) mass is 320 g/mol. The number of carbonyl (C=O) groups excluding carboxylic acids is 2. The molecule has 0 aliphatic rings. The van der Waals surface area contributed by atoms with Crippen LogP contribution in [0.5, 0.6) is 5.88 Å². The van der Waals surface area contributed by atoms with Crippen LogP contribution in [0.3, 0.4) is 0 Å². The predicted molar refractivity (Wildman–Crippen MR) is 69.7 cm³/mol. The van der Waals surface area contributed by atoms with Crippen LogP contribution in [0, 0.1) is 0 Å². The smallest absolute Gasteiger partial charge is 0.422 e. The highest BCUT2D eigenvalue weighted by molar-refractivity contribution is 5.85. The van der Waals surface area contributed by atoms with Gasteiger partial charge in [0.05, 0.1) is 13.1 Å². The van der Waals surface area contributed by atoms with Crippen LogP contribution in [0.25, 0.3) is 0 Å². The Hall–Kier alpha value is -2.36. The lowest BCUT2D eigenvalue weighted by molar-refractivity contribution is -0.154. The van der Waals surface area contributed by atoms with Gasteiger partial charge in [0.25, 0.3) is 0 Å². The summed E-state index contributed by atoms with van der Waals surface area (Å²) in [6, 6.07) is 2.80. The average Bonchev–Trinajstić information content (AvgIpc) is 2.48. The fraction of sp³-hybridized carbons (Fsp3) is 0.417. The van der Waals surface area contributed by atoms with Gasteiger partial charge in [-0.1, -0.05) is 0 Å². The summed E-state index contributed by atoms with van der Waals surface area (Å²) in [5.41, 5.74) is 5.56. The Morgan fingerprint density at radius 1 is 1.27 bits per heavy atom. The topological polar surface area (TPSA) is 106 Å². The SMILES string of the molecule is NCC(=O)NCC(=O)NCc1ccnc(OCC(F)(F)F)c1. The zero-order valence-electron chi connectivity index (χ0n) is 11.4. The van der Waals surface area contributed by atoms with Gasteiger partial charge in [-0.05, 0) is 11.6 Å². The third-order valence-electron chi connectivity index (χ3n) is 2.30. The highest BCUT2D eigenvalue weighted by Gasteiger charge is 2.28. The minimum Gasteiger partial charge on any atom is -0.468 e. The van der Waals surface area contributed by atoms with Crippen molar-refractivity contribution in [2.45, 2.75) is 12.7 Å². The van der Waals surface area contributed by atoms with Crippen molar-refractivity contribution in [1.29, 1.82) is 0 Å². The average molecular weight is 320 g/mol. The molecular formula is C12H15F3N4O3. The van der Waals surface area contributed by atoms with Crippen LogP contribution in [0.2, 0.25) is 0 Å². The molecule has 122 valence electrons. The Bertz CT molecular complexity index is 523. The van der Waals surface area contributed by atoms with Gasteiger partial charge in [-0.15, -0.1) is 0 Å². The van der Waals surface area contributed by atoms with Gasteiger partial charge in [0.15, 0.2) is 6.61 Å². The van der Waals surface area contributed by atoms with Gasteiger partial charge in [-0.2, -0.15) is 13.2 Å². The van der Waals surface area contributed by atoms with E-state index < -0.39 is 24.6 Å². The number of ether oxygens (including phenoxy) is 1. The lowest BCUT2D eigenvalue weighted by Crippen LogP contribution is -2.39. The summed E-state index contributed by atoms with van der Waals surface area (Å²) in [5, 5.41) is 4.76. The van der Waals surface area contributed by atoms with E-state index in [0.717, 1.165) is 0 Å². The summed E-state index contributed by atoms with van der Waals surface area (Å²) in [4.78, 5) is 25.9. The maximum atomic E-state index is 12.0. The van der Waals surface area contributed by atoms with E-state index in [1.165, 1.54) is 18.3 Å². The summed E-state index contributed by atoms with van der Waals surface area (Å²) in [6.45, 7) is -1.85. The summed E-state index contributed by atoms with van der Waals surface area (Å²) >= 11 is 0. The molecule has 4 N–H and O–H groups in total. The minimum atomic E-state index is -4.45. The molecule has 0 radical (unpaired) electrons. The van der Waals surface area contributed by atoms with Crippen LogP contribution in [-0.2, 0) is 16.1 Å². The molecule has 0 aliphatic heterocycles. The fourth-order valence-electron chi connectivity index (χ4n) is 1.31. The lowest BCUT2D eigenvalue weighted by atomic mass is 10.2. The van der Waals surface area contributed by atoms with Crippen molar-refractivity contribution < 1.29 is 27.5 Å². The maximum absolute atomic E-state index is 12.0. The predicted octanol–water partition coefficient (Wildman–Crippen LogP) is -0.286. The molecule has 0 saturated heterocycles. The zero-order valence-corrected chi connectivity index (χ0v) is 11.4. The number of hydrogen-bond donors (Lipinski definition) is 3. The standard InChI is InChI=1S/C12H15F3N4O3/c13-12(14,15)7-22-11-3-8(1-2-17-11)5-18-10(21)6-19-9(20)4-16/h1-3H,4-7,16H2,(H,18,21)(H,19,20). The lowest BCUT2D eigenvalue weighted by Gasteiger charge is -2.10. The van der Waals surface area contributed by atoms with Gasteiger partial charge in [0, 0.05) is 18.8 Å². The molecule has 10 heteroatoms. The Kier molecular flexibility index (Phi) is 6.57. The van der Waals surface area contributed by atoms with E-state index in [1.807, 2.05) is 0 Å². The first kappa shape index (κ1) is 17.7. The largest absolute Gasteiger partial charge is 0.468 e. The summed E-state index contributed by atoms with van der Waals surface area (Å²) < 4.78 is 40.6. The van der Waals surface area contributed by atoms with E-state index in [4.69, 9.17) is 5.73 Å². The molecule has 2 amide bonds. The van der Waals surface area contributed by atoms with Gasteiger partial charge < -0.3 is 21.1 Å². The molecule has 7 nitrogen and oxygen atoms in total. The van der Waals surface area contributed by atoms with Crippen molar-refractivity contribution >= 4 is 11.8 Å². The minimum absolute atomic E-state index is 0.0578. The van der Waals surface area contributed by atoms with Gasteiger partial charge in [-0.3, -0.25) is 9.59 Å². The quantitative estimate of drug-likeness (QED) is 0.640. The summed E-state index contributed by atoms with van der Waals surface area (Å²) in [7, 11) is 0. The summed E-state index contributed by atoms with van der Waals surface area (Å²) in [6.07, 6.45) is -3.18. The van der Waals surface area contributed by atoms with E-state index in [2.05, 4.69) is 20.4 Å². The van der Waals surface area contributed by atoms with Gasteiger partial charge >= 0.3 is 6.18 Å². The number of hydrogen-bond acceptors (Lipinski definition) is 5. The Morgan fingerprint density at radius 2 is 2.00 bits per heavy atom. The highest BCUT2D eigenvalue weighted by Crippen LogP contribution is 2.17. The van der Waals surface area contributed by atoms with Crippen LogP contribution < -0.4 is 21.1 Å². The molecule has 0 atom stereocenters. The number of alkyl halides is 3. The molecule has 1 aromatic rings. The van der Waals surface area contributed by atoms with Crippen molar-refractivity contribution in [2.24, 2.45) is 5.73 Å². The number of nitrogens with zero attached hydrogens (tertiary/aromatic N) is 1. The van der Waals surface area contributed by atoms with E-state index in [-0.39, 0.29) is 25.5 Å². The van der Waals surface area contributed by atoms with Gasteiger partial charge in [0.2, 0.25) is 17.7 Å². The van der Waals surface area contributed by atoms with Crippen molar-refractivity contribution in [3.8, 4) is 5.88 Å². The van der Waals surface area contributed by atoms with Crippen LogP contribution >= 0.6 is 0 Å². The Morgan fingerprint density at radius 3 is 2.64 bits per heavy atom. The second-order valence-corrected chi connectivity index (χ2v) is 4.16. The summed E-state index contributed by atoms with van der Waals surface area (Å²) in [5.74, 6) is -1.13. The fourth-order valence-corrected chi connectivity index (χ4v) is 1.31. The molecule has 0 spiro atoms. The molecule has 0 unspecified atom stereocenters. The molecular weight excluding hydrogens is 305 g/mol. The number of amides is 2. The van der Waals surface area contributed by atoms with Crippen molar-refractivity contribution in [3.05, 3.63) is 23.9 Å². The van der Waals surface area contributed by atoms with E-state index in [0.29, 0.717) is 5.56 Å². The van der Waals surface area contributed by atoms with E-state index in [1.54, 1.807) is 0 Å². The zero-order chi connectivity index (χ0) is 16.6. The van der Waals surface area contributed by atoms with Crippen molar-refractivity contribution in [3.63, 3.8) is 0 Å². The number of nitrogens with one attached hydrogen (secondary N) is 2. The number of pyridine rings is 1. The number of aromatic nitrogens is 1. The molecule has 0 fully saturated rings. The maximum Gasteiger partial charge on any atom is 0.422 e.